The first-order valence-corrected chi connectivity index (χ1v) is 8.81. The summed E-state index contributed by atoms with van der Waals surface area (Å²) < 4.78 is 47.8. The number of nitrogens with one attached hydrogen (secondary N) is 2. The predicted molar refractivity (Wildman–Crippen MR) is 106 cm³/mol. The molecule has 0 heterocycles. The van der Waals surface area contributed by atoms with Gasteiger partial charge in [-0.25, -0.2) is 0 Å². The molecule has 2 N–H and O–H groups in total. The summed E-state index contributed by atoms with van der Waals surface area (Å²) in [5, 5.41) is 4.35. The summed E-state index contributed by atoms with van der Waals surface area (Å²) in [6, 6.07) is 8.83. The van der Waals surface area contributed by atoms with Gasteiger partial charge in [0, 0.05) is 11.1 Å². The van der Waals surface area contributed by atoms with Gasteiger partial charge >= 0.3 is 6.18 Å². The lowest BCUT2D eigenvalue weighted by molar-refractivity contribution is -0.123. The van der Waals surface area contributed by atoms with Crippen LogP contribution in [0.1, 0.15) is 26.3 Å². The molecule has 2 amide bonds. The standard InChI is InChI=1S/C21H21F3N2O4/c1-4-7-13-10-14(11-17(29-2)18(13)30-3)19(27)26-16-9-6-5-8-15(16)20(28)25-12-21(22,23)24/h4-6,8-11H,1,7,12H2,2-3H3,(H,25,28)(H,26,27). The topological polar surface area (TPSA) is 76.7 Å². The molecular formula is C21H21F3N2O4. The van der Waals surface area contributed by atoms with Crippen LogP contribution in [0.4, 0.5) is 18.9 Å². The Hall–Kier alpha value is -3.49. The lowest BCUT2D eigenvalue weighted by Crippen LogP contribution is -2.34. The number of allylic oxidation sites excluding steroid dienone is 1. The maximum Gasteiger partial charge on any atom is 0.405 e. The minimum Gasteiger partial charge on any atom is -0.493 e. The highest BCUT2D eigenvalue weighted by molar-refractivity contribution is 6.09. The number of alkyl halides is 3. The van der Waals surface area contributed by atoms with Crippen molar-refractivity contribution in [2.75, 3.05) is 26.1 Å². The maximum atomic E-state index is 12.8. The van der Waals surface area contributed by atoms with Crippen molar-refractivity contribution in [3.63, 3.8) is 0 Å². The lowest BCUT2D eigenvalue weighted by Gasteiger charge is -2.15. The van der Waals surface area contributed by atoms with Crippen LogP contribution >= 0.6 is 0 Å². The second-order valence-electron chi connectivity index (χ2n) is 6.16. The molecule has 0 atom stereocenters. The first-order chi connectivity index (χ1) is 14.2. The molecule has 30 heavy (non-hydrogen) atoms. The van der Waals surface area contributed by atoms with E-state index in [1.807, 2.05) is 0 Å². The summed E-state index contributed by atoms with van der Waals surface area (Å²) in [5.41, 5.74) is 0.854. The SMILES string of the molecule is C=CCc1cc(C(=O)Nc2ccccc2C(=O)NCC(F)(F)F)cc(OC)c1OC. The predicted octanol–water partition coefficient (Wildman–Crippen LogP) is 3.98. The van der Waals surface area contributed by atoms with Gasteiger partial charge in [0.05, 0.1) is 25.5 Å². The van der Waals surface area contributed by atoms with Crippen LogP contribution in [-0.2, 0) is 6.42 Å². The molecule has 0 aliphatic heterocycles. The lowest BCUT2D eigenvalue weighted by atomic mass is 10.0. The van der Waals surface area contributed by atoms with E-state index in [1.54, 1.807) is 23.5 Å². The molecular weight excluding hydrogens is 401 g/mol. The molecule has 0 saturated heterocycles. The molecule has 2 rings (SSSR count). The molecule has 0 bridgehead atoms. The number of amides is 2. The molecule has 0 fully saturated rings. The van der Waals surface area contributed by atoms with Gasteiger partial charge in [0.1, 0.15) is 6.54 Å². The molecule has 0 aliphatic rings. The first kappa shape index (κ1) is 22.8. The van der Waals surface area contributed by atoms with Gasteiger partial charge in [-0.15, -0.1) is 6.58 Å². The average Bonchev–Trinajstić information content (AvgIpc) is 2.71. The number of methoxy groups -OCH3 is 2. The van der Waals surface area contributed by atoms with E-state index in [4.69, 9.17) is 9.47 Å². The molecule has 0 unspecified atom stereocenters. The molecule has 9 heteroatoms. The van der Waals surface area contributed by atoms with Crippen LogP contribution in [-0.4, -0.2) is 38.8 Å². The third-order valence-corrected chi connectivity index (χ3v) is 4.05. The van der Waals surface area contributed by atoms with Gasteiger partial charge < -0.3 is 20.1 Å². The monoisotopic (exact) mass is 422 g/mol. The average molecular weight is 422 g/mol. The van der Waals surface area contributed by atoms with Crippen LogP contribution in [0.15, 0.2) is 49.1 Å². The molecule has 0 aliphatic carbocycles. The number of rotatable bonds is 8. The van der Waals surface area contributed by atoms with Gasteiger partial charge in [0.2, 0.25) is 0 Å². The Bertz CT molecular complexity index is 942. The summed E-state index contributed by atoms with van der Waals surface area (Å²) in [4.78, 5) is 24.9. The van der Waals surface area contributed by atoms with Crippen molar-refractivity contribution in [1.82, 2.24) is 5.32 Å². The highest BCUT2D eigenvalue weighted by atomic mass is 19.4. The molecule has 0 spiro atoms. The van der Waals surface area contributed by atoms with Gasteiger partial charge in [-0.2, -0.15) is 13.2 Å². The van der Waals surface area contributed by atoms with E-state index in [-0.39, 0.29) is 16.8 Å². The van der Waals surface area contributed by atoms with E-state index >= 15 is 0 Å². The zero-order chi connectivity index (χ0) is 22.3. The highest BCUT2D eigenvalue weighted by Crippen LogP contribution is 2.33. The normalized spacial score (nSPS) is 10.8. The second kappa shape index (κ2) is 9.82. The first-order valence-electron chi connectivity index (χ1n) is 8.81. The Morgan fingerprint density at radius 3 is 2.40 bits per heavy atom. The Kier molecular flexibility index (Phi) is 7.46. The number of carbonyl (C=O) groups is 2. The fourth-order valence-electron chi connectivity index (χ4n) is 2.74. The second-order valence-corrected chi connectivity index (χ2v) is 6.16. The molecule has 0 aromatic heterocycles. The fourth-order valence-corrected chi connectivity index (χ4v) is 2.74. The van der Waals surface area contributed by atoms with Crippen LogP contribution in [0.25, 0.3) is 0 Å². The molecule has 2 aromatic rings. The maximum absolute atomic E-state index is 12.8. The zero-order valence-corrected chi connectivity index (χ0v) is 16.4. The van der Waals surface area contributed by atoms with E-state index in [9.17, 15) is 22.8 Å². The van der Waals surface area contributed by atoms with E-state index in [0.29, 0.717) is 23.5 Å². The van der Waals surface area contributed by atoms with Crippen molar-refractivity contribution in [3.05, 3.63) is 65.7 Å². The molecule has 160 valence electrons. The van der Waals surface area contributed by atoms with E-state index in [1.165, 1.54) is 38.5 Å². The summed E-state index contributed by atoms with van der Waals surface area (Å²) in [5.74, 6) is -0.737. The smallest absolute Gasteiger partial charge is 0.405 e. The highest BCUT2D eigenvalue weighted by Gasteiger charge is 2.28. The van der Waals surface area contributed by atoms with Crippen molar-refractivity contribution in [3.8, 4) is 11.5 Å². The summed E-state index contributed by atoms with van der Waals surface area (Å²) in [6.07, 6.45) is -2.49. The summed E-state index contributed by atoms with van der Waals surface area (Å²) in [6.45, 7) is 2.20. The van der Waals surface area contributed by atoms with Crippen LogP contribution in [0.5, 0.6) is 11.5 Å². The van der Waals surface area contributed by atoms with Crippen molar-refractivity contribution >= 4 is 17.5 Å². The number of hydrogen-bond acceptors (Lipinski definition) is 4. The van der Waals surface area contributed by atoms with Crippen molar-refractivity contribution in [2.45, 2.75) is 12.6 Å². The molecule has 0 radical (unpaired) electrons. The number of anilines is 1. The number of halogens is 3. The number of benzene rings is 2. The van der Waals surface area contributed by atoms with Crippen LogP contribution < -0.4 is 20.1 Å². The summed E-state index contributed by atoms with van der Waals surface area (Å²) >= 11 is 0. The zero-order valence-electron chi connectivity index (χ0n) is 16.4. The number of hydrogen-bond donors (Lipinski definition) is 2. The van der Waals surface area contributed by atoms with Gasteiger partial charge in [0.15, 0.2) is 11.5 Å². The third-order valence-electron chi connectivity index (χ3n) is 4.05. The van der Waals surface area contributed by atoms with Gasteiger partial charge in [-0.1, -0.05) is 18.2 Å². The number of para-hydroxylation sites is 1. The molecule has 6 nitrogen and oxygen atoms in total. The number of carbonyl (C=O) groups excluding carboxylic acids is 2. The van der Waals surface area contributed by atoms with Gasteiger partial charge in [0.25, 0.3) is 11.8 Å². The minimum atomic E-state index is -4.55. The van der Waals surface area contributed by atoms with Crippen molar-refractivity contribution in [2.24, 2.45) is 0 Å². The Labute approximate surface area is 171 Å². The quantitative estimate of drug-likeness (QED) is 0.631. The van der Waals surface area contributed by atoms with E-state index in [0.717, 1.165) is 0 Å². The van der Waals surface area contributed by atoms with Crippen molar-refractivity contribution in [1.29, 1.82) is 0 Å². The van der Waals surface area contributed by atoms with E-state index in [2.05, 4.69) is 11.9 Å². The third kappa shape index (κ3) is 5.76. The van der Waals surface area contributed by atoms with Gasteiger partial charge in [-0.05, 0) is 30.7 Å². The fraction of sp³-hybridized carbons (Fsp3) is 0.238. The van der Waals surface area contributed by atoms with Crippen LogP contribution in [0.3, 0.4) is 0 Å². The Balaban J connectivity index is 2.31. The molecule has 0 saturated carbocycles. The van der Waals surface area contributed by atoms with E-state index < -0.39 is 24.5 Å². The Morgan fingerprint density at radius 2 is 1.80 bits per heavy atom. The van der Waals surface area contributed by atoms with Crippen molar-refractivity contribution < 1.29 is 32.2 Å². The largest absolute Gasteiger partial charge is 0.493 e. The van der Waals surface area contributed by atoms with Crippen LogP contribution in [0, 0.1) is 0 Å². The number of ether oxygens (including phenoxy) is 2. The van der Waals surface area contributed by atoms with Gasteiger partial charge in [-0.3, -0.25) is 9.59 Å². The molecule has 2 aromatic carbocycles. The minimum absolute atomic E-state index is 0.0715. The van der Waals surface area contributed by atoms with Crippen LogP contribution in [0.2, 0.25) is 0 Å². The Morgan fingerprint density at radius 1 is 1.10 bits per heavy atom. The summed E-state index contributed by atoms with van der Waals surface area (Å²) in [7, 11) is 2.90.